The molecule has 0 amide bonds. The Morgan fingerprint density at radius 3 is 1.77 bits per heavy atom. The molecular formula is C26H30O4. The molecule has 0 fully saturated rings. The Morgan fingerprint density at radius 1 is 0.800 bits per heavy atom. The number of carbonyl (C=O) groups excluding carboxylic acids is 2. The van der Waals surface area contributed by atoms with Gasteiger partial charge in [0.1, 0.15) is 11.2 Å². The van der Waals surface area contributed by atoms with E-state index < -0.39 is 16.6 Å². The van der Waals surface area contributed by atoms with Crippen molar-refractivity contribution in [1.29, 1.82) is 0 Å². The Labute approximate surface area is 178 Å². The highest BCUT2D eigenvalue weighted by Gasteiger charge is 2.40. The monoisotopic (exact) mass is 406 g/mol. The molecule has 2 N–H and O–H groups in total. The summed E-state index contributed by atoms with van der Waals surface area (Å²) in [6, 6.07) is 13.0. The van der Waals surface area contributed by atoms with Crippen LogP contribution >= 0.6 is 0 Å². The largest absolute Gasteiger partial charge is 0.382 e. The fourth-order valence-electron chi connectivity index (χ4n) is 4.24. The lowest BCUT2D eigenvalue weighted by Crippen LogP contribution is -2.31. The third kappa shape index (κ3) is 3.44. The van der Waals surface area contributed by atoms with E-state index in [9.17, 15) is 19.8 Å². The van der Waals surface area contributed by atoms with Crippen LogP contribution in [0.1, 0.15) is 85.9 Å². The lowest BCUT2D eigenvalue weighted by Gasteiger charge is -2.29. The fraction of sp³-hybridized carbons (Fsp3) is 0.385. The predicted molar refractivity (Wildman–Crippen MR) is 119 cm³/mol. The van der Waals surface area contributed by atoms with Crippen LogP contribution in [0.4, 0.5) is 0 Å². The summed E-state index contributed by atoms with van der Waals surface area (Å²) in [5.74, 6) is -0.622. The zero-order valence-electron chi connectivity index (χ0n) is 18.8. The average Bonchev–Trinajstić information content (AvgIpc) is 2.87. The molecule has 4 heteroatoms. The minimum atomic E-state index is -1.42. The number of rotatable bonds is 5. The van der Waals surface area contributed by atoms with Gasteiger partial charge in [-0.15, -0.1) is 0 Å². The summed E-state index contributed by atoms with van der Waals surface area (Å²) in [5, 5.41) is 20.1. The van der Waals surface area contributed by atoms with Crippen LogP contribution in [0.5, 0.6) is 0 Å². The molecule has 0 aromatic heterocycles. The molecule has 30 heavy (non-hydrogen) atoms. The highest BCUT2D eigenvalue weighted by molar-refractivity contribution is 6.03. The second kappa shape index (κ2) is 7.00. The van der Waals surface area contributed by atoms with E-state index in [0.29, 0.717) is 11.1 Å². The van der Waals surface area contributed by atoms with E-state index in [1.165, 1.54) is 33.3 Å². The molecule has 2 aromatic rings. The molecule has 1 atom stereocenters. The highest BCUT2D eigenvalue weighted by Crippen LogP contribution is 2.50. The minimum Gasteiger partial charge on any atom is -0.382 e. The SMILES string of the molecule is CC1=C(C)C(C)(c2ccc(C(=O)C(C)(C)O)cc2)c2ccc(C(=O)C(C)(C)O)cc21. The maximum absolute atomic E-state index is 12.5. The molecule has 0 bridgehead atoms. The molecule has 4 nitrogen and oxygen atoms in total. The van der Waals surface area contributed by atoms with Crippen LogP contribution in [-0.4, -0.2) is 33.0 Å². The fourth-order valence-corrected chi connectivity index (χ4v) is 4.24. The van der Waals surface area contributed by atoms with Gasteiger partial charge in [0.25, 0.3) is 0 Å². The number of hydrogen-bond donors (Lipinski definition) is 2. The number of aliphatic hydroxyl groups is 2. The molecule has 0 aliphatic heterocycles. The summed E-state index contributed by atoms with van der Waals surface area (Å²) < 4.78 is 0. The second-order valence-electron chi connectivity index (χ2n) is 9.49. The molecule has 158 valence electrons. The zero-order valence-corrected chi connectivity index (χ0v) is 18.8. The van der Waals surface area contributed by atoms with E-state index in [2.05, 4.69) is 13.8 Å². The number of hydrogen-bond acceptors (Lipinski definition) is 4. The molecule has 3 rings (SSSR count). The number of ketones is 2. The standard InChI is InChI=1S/C26H30O4/c1-15-16(2)26(7,19-11-8-17(9-12-19)22(27)24(3,4)29)21-13-10-18(14-20(15)21)23(28)25(5,6)30/h8-14,29-30H,1-7H3. The summed E-state index contributed by atoms with van der Waals surface area (Å²) in [6.07, 6.45) is 0. The van der Waals surface area contributed by atoms with Crippen LogP contribution in [0.3, 0.4) is 0 Å². The normalized spacial score (nSPS) is 19.1. The molecule has 0 saturated heterocycles. The summed E-state index contributed by atoms with van der Waals surface area (Å²) in [6.45, 7) is 12.2. The Hall–Kier alpha value is -2.56. The van der Waals surface area contributed by atoms with E-state index >= 15 is 0 Å². The number of carbonyl (C=O) groups is 2. The van der Waals surface area contributed by atoms with E-state index in [4.69, 9.17) is 0 Å². The molecule has 1 aliphatic rings. The van der Waals surface area contributed by atoms with Crippen LogP contribution in [0, 0.1) is 0 Å². The van der Waals surface area contributed by atoms with Crippen LogP contribution in [0.15, 0.2) is 48.0 Å². The first-order chi connectivity index (χ1) is 13.7. The molecule has 0 radical (unpaired) electrons. The second-order valence-corrected chi connectivity index (χ2v) is 9.49. The lowest BCUT2D eigenvalue weighted by atomic mass is 9.73. The van der Waals surface area contributed by atoms with E-state index in [1.54, 1.807) is 18.2 Å². The minimum absolute atomic E-state index is 0.307. The first-order valence-corrected chi connectivity index (χ1v) is 10.2. The molecule has 0 heterocycles. The van der Waals surface area contributed by atoms with Crippen LogP contribution < -0.4 is 0 Å². The van der Waals surface area contributed by atoms with Gasteiger partial charge < -0.3 is 10.2 Å². The number of allylic oxidation sites excluding steroid dienone is 2. The van der Waals surface area contributed by atoms with Crippen molar-refractivity contribution in [2.45, 2.75) is 65.1 Å². The molecule has 0 spiro atoms. The Balaban J connectivity index is 2.08. The van der Waals surface area contributed by atoms with Crippen molar-refractivity contribution in [2.24, 2.45) is 0 Å². The van der Waals surface area contributed by atoms with Gasteiger partial charge in [-0.25, -0.2) is 0 Å². The maximum Gasteiger partial charge on any atom is 0.193 e. The van der Waals surface area contributed by atoms with Crippen molar-refractivity contribution in [3.05, 3.63) is 75.9 Å². The Morgan fingerprint density at radius 2 is 1.27 bits per heavy atom. The Bertz CT molecular complexity index is 1060. The summed E-state index contributed by atoms with van der Waals surface area (Å²) >= 11 is 0. The van der Waals surface area contributed by atoms with Crippen molar-refractivity contribution in [3.8, 4) is 0 Å². The first-order valence-electron chi connectivity index (χ1n) is 10.2. The molecule has 2 aromatic carbocycles. The van der Waals surface area contributed by atoms with E-state index in [1.807, 2.05) is 31.2 Å². The molecular weight excluding hydrogens is 376 g/mol. The van der Waals surface area contributed by atoms with Gasteiger partial charge >= 0.3 is 0 Å². The van der Waals surface area contributed by atoms with Gasteiger partial charge in [-0.1, -0.05) is 42.0 Å². The quantitative estimate of drug-likeness (QED) is 0.706. The summed E-state index contributed by atoms with van der Waals surface area (Å²) in [7, 11) is 0. The van der Waals surface area contributed by atoms with Crippen molar-refractivity contribution in [1.82, 2.24) is 0 Å². The van der Waals surface area contributed by atoms with Gasteiger partial charge in [-0.3, -0.25) is 9.59 Å². The third-order valence-corrected chi connectivity index (χ3v) is 6.37. The van der Waals surface area contributed by atoms with Crippen LogP contribution in [-0.2, 0) is 5.41 Å². The number of benzene rings is 2. The van der Waals surface area contributed by atoms with Gasteiger partial charge in [0, 0.05) is 16.5 Å². The summed E-state index contributed by atoms with van der Waals surface area (Å²) in [5.41, 5.74) is 3.13. The van der Waals surface area contributed by atoms with Gasteiger partial charge in [0.2, 0.25) is 0 Å². The smallest absolute Gasteiger partial charge is 0.193 e. The lowest BCUT2D eigenvalue weighted by molar-refractivity contribution is 0.0487. The third-order valence-electron chi connectivity index (χ3n) is 6.37. The zero-order chi connectivity index (χ0) is 22.6. The topological polar surface area (TPSA) is 74.6 Å². The van der Waals surface area contributed by atoms with Crippen LogP contribution in [0.2, 0.25) is 0 Å². The van der Waals surface area contributed by atoms with Crippen molar-refractivity contribution >= 4 is 17.1 Å². The van der Waals surface area contributed by atoms with E-state index in [-0.39, 0.29) is 11.6 Å². The molecule has 0 saturated carbocycles. The Kier molecular flexibility index (Phi) is 5.16. The summed E-state index contributed by atoms with van der Waals surface area (Å²) in [4.78, 5) is 24.9. The number of Topliss-reactive ketones (excluding diaryl/α,β-unsaturated/α-hetero) is 2. The van der Waals surface area contributed by atoms with Gasteiger partial charge in [-0.05, 0) is 76.8 Å². The van der Waals surface area contributed by atoms with Gasteiger partial charge in [-0.2, -0.15) is 0 Å². The van der Waals surface area contributed by atoms with Crippen molar-refractivity contribution in [2.75, 3.05) is 0 Å². The number of fused-ring (bicyclic) bond motifs is 1. The first kappa shape index (κ1) is 22.1. The average molecular weight is 407 g/mol. The van der Waals surface area contributed by atoms with Gasteiger partial charge in [0.05, 0.1) is 0 Å². The molecule has 1 unspecified atom stereocenters. The van der Waals surface area contributed by atoms with Crippen molar-refractivity contribution in [3.63, 3.8) is 0 Å². The van der Waals surface area contributed by atoms with Crippen molar-refractivity contribution < 1.29 is 19.8 Å². The molecule has 1 aliphatic carbocycles. The maximum atomic E-state index is 12.5. The van der Waals surface area contributed by atoms with E-state index in [0.717, 1.165) is 22.3 Å². The highest BCUT2D eigenvalue weighted by atomic mass is 16.3. The van der Waals surface area contributed by atoms with Gasteiger partial charge in [0.15, 0.2) is 11.6 Å². The predicted octanol–water partition coefficient (Wildman–Crippen LogP) is 4.71. The van der Waals surface area contributed by atoms with Crippen LogP contribution in [0.25, 0.3) is 5.57 Å².